The Morgan fingerprint density at radius 2 is 2.00 bits per heavy atom. The van der Waals surface area contributed by atoms with E-state index < -0.39 is 0 Å². The van der Waals surface area contributed by atoms with E-state index in [4.69, 9.17) is 16.3 Å². The molecule has 0 fully saturated rings. The maximum Gasteiger partial charge on any atom is 0.163 e. The summed E-state index contributed by atoms with van der Waals surface area (Å²) in [5, 5.41) is 0.528. The van der Waals surface area contributed by atoms with Crippen LogP contribution >= 0.6 is 11.6 Å². The van der Waals surface area contributed by atoms with Crippen molar-refractivity contribution in [1.29, 1.82) is 0 Å². The Bertz CT molecular complexity index is 405. The average Bonchev–Trinajstić information content (AvgIpc) is 2.25. The van der Waals surface area contributed by atoms with Crippen LogP contribution in [0.2, 0.25) is 5.02 Å². The van der Waals surface area contributed by atoms with Gasteiger partial charge in [-0.15, -0.1) is 0 Å². The van der Waals surface area contributed by atoms with Crippen LogP contribution in [0.15, 0.2) is 18.2 Å². The minimum atomic E-state index is 0.134. The van der Waals surface area contributed by atoms with Gasteiger partial charge in [0.25, 0.3) is 0 Å². The monoisotopic (exact) mass is 254 g/mol. The second-order valence-electron chi connectivity index (χ2n) is 5.33. The molecule has 1 aromatic carbocycles. The highest BCUT2D eigenvalue weighted by molar-refractivity contribution is 6.32. The molecule has 0 heterocycles. The normalized spacial score (nSPS) is 11.4. The highest BCUT2D eigenvalue weighted by Gasteiger charge is 2.15. The Labute approximate surface area is 108 Å². The number of ether oxygens (including phenoxy) is 1. The van der Waals surface area contributed by atoms with E-state index in [0.29, 0.717) is 22.8 Å². The molecule has 0 radical (unpaired) electrons. The van der Waals surface area contributed by atoms with E-state index in [0.717, 1.165) is 6.42 Å². The van der Waals surface area contributed by atoms with Gasteiger partial charge in [0.15, 0.2) is 5.78 Å². The van der Waals surface area contributed by atoms with Crippen LogP contribution in [0.4, 0.5) is 0 Å². The summed E-state index contributed by atoms with van der Waals surface area (Å²) in [5.41, 5.74) is 0.835. The number of carbonyl (C=O) groups excluding carboxylic acids is 1. The van der Waals surface area contributed by atoms with Crippen LogP contribution < -0.4 is 4.74 Å². The Hall–Kier alpha value is -1.02. The Kier molecular flexibility index (Phi) is 4.58. The molecule has 0 bridgehead atoms. The third kappa shape index (κ3) is 4.39. The Morgan fingerprint density at radius 3 is 2.53 bits per heavy atom. The van der Waals surface area contributed by atoms with E-state index >= 15 is 0 Å². The van der Waals surface area contributed by atoms with Crippen molar-refractivity contribution in [2.45, 2.75) is 33.6 Å². The molecule has 0 saturated carbocycles. The fraction of sp³-hybridized carbons (Fsp3) is 0.500. The smallest absolute Gasteiger partial charge is 0.163 e. The van der Waals surface area contributed by atoms with Gasteiger partial charge >= 0.3 is 0 Å². The quantitative estimate of drug-likeness (QED) is 0.747. The van der Waals surface area contributed by atoms with Crippen LogP contribution in [-0.4, -0.2) is 12.9 Å². The number of halogens is 1. The van der Waals surface area contributed by atoms with Crippen LogP contribution in [-0.2, 0) is 0 Å². The zero-order valence-electron chi connectivity index (χ0n) is 10.8. The minimum absolute atomic E-state index is 0.134. The van der Waals surface area contributed by atoms with Crippen molar-refractivity contribution in [2.75, 3.05) is 7.11 Å². The van der Waals surface area contributed by atoms with Crippen LogP contribution in [0.5, 0.6) is 5.75 Å². The molecule has 0 saturated heterocycles. The molecule has 0 amide bonds. The van der Waals surface area contributed by atoms with Gasteiger partial charge in [-0.25, -0.2) is 0 Å². The second-order valence-corrected chi connectivity index (χ2v) is 5.74. The number of rotatable bonds is 4. The van der Waals surface area contributed by atoms with Gasteiger partial charge in [-0.05, 0) is 30.0 Å². The lowest BCUT2D eigenvalue weighted by atomic mass is 9.88. The molecule has 3 heteroatoms. The van der Waals surface area contributed by atoms with Crippen LogP contribution in [0, 0.1) is 5.41 Å². The summed E-state index contributed by atoms with van der Waals surface area (Å²) < 4.78 is 5.10. The number of methoxy groups -OCH3 is 1. The molecule has 2 nitrogen and oxygen atoms in total. The standard InChI is InChI=1S/C14H19ClO2/c1-14(2,3)8-7-12(16)10-5-6-11(15)13(9-10)17-4/h5-6,9H,7-8H2,1-4H3. The molecule has 0 atom stereocenters. The molecule has 1 rings (SSSR count). The molecule has 0 aliphatic carbocycles. The van der Waals surface area contributed by atoms with E-state index in [1.807, 2.05) is 0 Å². The molecule has 0 unspecified atom stereocenters. The SMILES string of the molecule is COc1cc(C(=O)CCC(C)(C)C)ccc1Cl. The molecule has 1 aromatic rings. The number of hydrogen-bond donors (Lipinski definition) is 0. The second kappa shape index (κ2) is 5.54. The van der Waals surface area contributed by atoms with Crippen molar-refractivity contribution < 1.29 is 9.53 Å². The van der Waals surface area contributed by atoms with E-state index in [-0.39, 0.29) is 11.2 Å². The van der Waals surface area contributed by atoms with E-state index in [2.05, 4.69) is 20.8 Å². The predicted octanol–water partition coefficient (Wildman–Crippen LogP) is 4.36. The van der Waals surface area contributed by atoms with Gasteiger partial charge in [0.05, 0.1) is 12.1 Å². The lowest BCUT2D eigenvalue weighted by molar-refractivity contribution is 0.0965. The summed E-state index contributed by atoms with van der Waals surface area (Å²) in [4.78, 5) is 12.0. The topological polar surface area (TPSA) is 26.3 Å². The van der Waals surface area contributed by atoms with Gasteiger partial charge in [0.2, 0.25) is 0 Å². The summed E-state index contributed by atoms with van der Waals surface area (Å²) in [5.74, 6) is 0.683. The minimum Gasteiger partial charge on any atom is -0.495 e. The van der Waals surface area contributed by atoms with Crippen molar-refractivity contribution in [1.82, 2.24) is 0 Å². The number of hydrogen-bond acceptors (Lipinski definition) is 2. The molecular formula is C14H19ClO2. The average molecular weight is 255 g/mol. The molecule has 0 spiro atoms. The first-order valence-electron chi connectivity index (χ1n) is 5.70. The van der Waals surface area contributed by atoms with Gasteiger partial charge < -0.3 is 4.74 Å². The Balaban J connectivity index is 2.76. The van der Waals surface area contributed by atoms with Crippen LogP contribution in [0.25, 0.3) is 0 Å². The van der Waals surface area contributed by atoms with Gasteiger partial charge in [0.1, 0.15) is 5.75 Å². The van der Waals surface area contributed by atoms with Gasteiger partial charge in [-0.1, -0.05) is 32.4 Å². The van der Waals surface area contributed by atoms with Crippen molar-refractivity contribution in [2.24, 2.45) is 5.41 Å². The van der Waals surface area contributed by atoms with Gasteiger partial charge in [-0.3, -0.25) is 4.79 Å². The number of ketones is 1. The lowest BCUT2D eigenvalue weighted by Gasteiger charge is -2.17. The molecule has 0 aromatic heterocycles. The van der Waals surface area contributed by atoms with Crippen LogP contribution in [0.1, 0.15) is 44.0 Å². The molecular weight excluding hydrogens is 236 g/mol. The zero-order valence-corrected chi connectivity index (χ0v) is 11.6. The first kappa shape index (κ1) is 14.0. The van der Waals surface area contributed by atoms with Crippen molar-refractivity contribution in [3.05, 3.63) is 28.8 Å². The summed E-state index contributed by atoms with van der Waals surface area (Å²) >= 11 is 5.91. The molecule has 0 aliphatic heterocycles. The summed E-state index contributed by atoms with van der Waals surface area (Å²) in [6.45, 7) is 6.38. The molecule has 0 N–H and O–H groups in total. The largest absolute Gasteiger partial charge is 0.495 e. The first-order chi connectivity index (χ1) is 7.83. The summed E-state index contributed by atoms with van der Waals surface area (Å²) in [7, 11) is 1.55. The fourth-order valence-electron chi connectivity index (χ4n) is 1.47. The maximum absolute atomic E-state index is 12.0. The highest BCUT2D eigenvalue weighted by Crippen LogP contribution is 2.27. The number of benzene rings is 1. The van der Waals surface area contributed by atoms with E-state index in [1.54, 1.807) is 25.3 Å². The number of carbonyl (C=O) groups is 1. The van der Waals surface area contributed by atoms with Gasteiger partial charge in [0, 0.05) is 12.0 Å². The third-order valence-corrected chi connectivity index (χ3v) is 2.89. The maximum atomic E-state index is 12.0. The predicted molar refractivity (Wildman–Crippen MR) is 71.0 cm³/mol. The van der Waals surface area contributed by atoms with Crippen molar-refractivity contribution in [3.8, 4) is 5.75 Å². The van der Waals surface area contributed by atoms with E-state index in [9.17, 15) is 4.79 Å². The zero-order chi connectivity index (χ0) is 13.1. The number of Topliss-reactive ketones (excluding diaryl/α,β-unsaturated/α-hetero) is 1. The summed E-state index contributed by atoms with van der Waals surface area (Å²) in [6, 6.07) is 5.15. The van der Waals surface area contributed by atoms with Crippen LogP contribution in [0.3, 0.4) is 0 Å². The Morgan fingerprint density at radius 1 is 1.35 bits per heavy atom. The molecule has 94 valence electrons. The van der Waals surface area contributed by atoms with Gasteiger partial charge in [-0.2, -0.15) is 0 Å². The highest BCUT2D eigenvalue weighted by atomic mass is 35.5. The van der Waals surface area contributed by atoms with E-state index in [1.165, 1.54) is 0 Å². The molecule has 17 heavy (non-hydrogen) atoms. The van der Waals surface area contributed by atoms with Crippen molar-refractivity contribution >= 4 is 17.4 Å². The fourth-order valence-corrected chi connectivity index (χ4v) is 1.66. The molecule has 0 aliphatic rings. The van der Waals surface area contributed by atoms with Crippen molar-refractivity contribution in [3.63, 3.8) is 0 Å². The summed E-state index contributed by atoms with van der Waals surface area (Å²) in [6.07, 6.45) is 1.42. The lowest BCUT2D eigenvalue weighted by Crippen LogP contribution is -2.09. The first-order valence-corrected chi connectivity index (χ1v) is 6.08. The third-order valence-electron chi connectivity index (χ3n) is 2.58.